The van der Waals surface area contributed by atoms with Crippen molar-refractivity contribution < 1.29 is 13.2 Å². The van der Waals surface area contributed by atoms with E-state index in [4.69, 9.17) is 4.74 Å². The molecule has 0 aromatic carbocycles. The summed E-state index contributed by atoms with van der Waals surface area (Å²) in [5.41, 5.74) is -0.0781. The van der Waals surface area contributed by atoms with Crippen LogP contribution in [0.3, 0.4) is 0 Å². The highest BCUT2D eigenvalue weighted by molar-refractivity contribution is 7.91. The molecule has 2 fully saturated rings. The van der Waals surface area contributed by atoms with E-state index < -0.39 is 9.84 Å². The topological polar surface area (TPSA) is 46.7 Å². The van der Waals surface area contributed by atoms with Crippen LogP contribution in [-0.2, 0) is 14.6 Å². The zero-order valence-corrected chi connectivity index (χ0v) is 6.65. The van der Waals surface area contributed by atoms with E-state index in [9.17, 15) is 8.42 Å². The molecule has 0 spiro atoms. The predicted octanol–water partition coefficient (Wildman–Crippen LogP) is -0.0376. The van der Waals surface area contributed by atoms with Gasteiger partial charge >= 0.3 is 0 Å². The van der Waals surface area contributed by atoms with E-state index in [0.29, 0.717) is 12.2 Å². The van der Waals surface area contributed by atoms with Crippen LogP contribution in [0.4, 0.5) is 0 Å². The van der Waals surface area contributed by atoms with Crippen molar-refractivity contribution in [1.29, 1.82) is 0 Å². The summed E-state index contributed by atoms with van der Waals surface area (Å²) in [4.78, 5) is 0. The number of sulfone groups is 1. The number of hydrogen-bond acceptors (Lipinski definition) is 3. The summed E-state index contributed by atoms with van der Waals surface area (Å²) < 4.78 is 27.1. The first-order valence-electron chi connectivity index (χ1n) is 3.40. The molecule has 0 bridgehead atoms. The molecular weight excluding hydrogens is 152 g/mol. The van der Waals surface area contributed by atoms with Crippen molar-refractivity contribution in [2.75, 3.05) is 11.5 Å². The summed E-state index contributed by atoms with van der Waals surface area (Å²) in [7, 11) is -2.75. The molecule has 3 nitrogen and oxygen atoms in total. The summed E-state index contributed by atoms with van der Waals surface area (Å²) in [6, 6.07) is 0. The summed E-state index contributed by atoms with van der Waals surface area (Å²) in [6.07, 6.45) is 0.686. The Morgan fingerprint density at radius 1 is 1.60 bits per heavy atom. The average Bonchev–Trinajstić information content (AvgIpc) is 2.39. The molecule has 2 aliphatic rings. The number of fused-ring (bicyclic) bond motifs is 1. The van der Waals surface area contributed by atoms with Gasteiger partial charge in [-0.1, -0.05) is 0 Å². The fourth-order valence-corrected chi connectivity index (χ4v) is 3.16. The molecule has 2 saturated heterocycles. The van der Waals surface area contributed by atoms with Crippen LogP contribution in [0.25, 0.3) is 0 Å². The molecule has 2 unspecified atom stereocenters. The van der Waals surface area contributed by atoms with Gasteiger partial charge in [-0.2, -0.15) is 0 Å². The first-order chi connectivity index (χ1) is 4.52. The first-order valence-corrected chi connectivity index (χ1v) is 5.22. The van der Waals surface area contributed by atoms with E-state index in [1.54, 1.807) is 0 Å². The van der Waals surface area contributed by atoms with Crippen LogP contribution in [0.2, 0.25) is 0 Å². The van der Waals surface area contributed by atoms with Gasteiger partial charge in [-0.15, -0.1) is 0 Å². The lowest BCUT2D eigenvalue weighted by molar-refractivity contribution is 0.310. The maximum Gasteiger partial charge on any atom is 0.153 e. The van der Waals surface area contributed by atoms with E-state index in [2.05, 4.69) is 0 Å². The van der Waals surface area contributed by atoms with E-state index in [1.807, 2.05) is 6.92 Å². The smallest absolute Gasteiger partial charge is 0.153 e. The summed E-state index contributed by atoms with van der Waals surface area (Å²) >= 11 is 0. The molecule has 0 saturated carbocycles. The minimum absolute atomic E-state index is 0.00579. The van der Waals surface area contributed by atoms with Gasteiger partial charge in [0.2, 0.25) is 0 Å². The molecule has 58 valence electrons. The van der Waals surface area contributed by atoms with Crippen molar-refractivity contribution in [1.82, 2.24) is 0 Å². The maximum absolute atomic E-state index is 10.9. The second kappa shape index (κ2) is 1.56. The first kappa shape index (κ1) is 6.61. The highest BCUT2D eigenvalue weighted by Gasteiger charge is 2.57. The Hall–Kier alpha value is -0.0900. The van der Waals surface area contributed by atoms with Gasteiger partial charge < -0.3 is 4.74 Å². The molecule has 0 aromatic rings. The minimum Gasteiger partial charge on any atom is -0.365 e. The number of hydrogen-bond donors (Lipinski definition) is 0. The second-order valence-corrected chi connectivity index (χ2v) is 5.51. The Morgan fingerprint density at radius 2 is 2.30 bits per heavy atom. The van der Waals surface area contributed by atoms with Gasteiger partial charge in [-0.3, -0.25) is 0 Å². The van der Waals surface area contributed by atoms with Crippen molar-refractivity contribution in [3.05, 3.63) is 0 Å². The Morgan fingerprint density at radius 3 is 2.80 bits per heavy atom. The third-order valence-electron chi connectivity index (χ3n) is 2.35. The minimum atomic E-state index is -2.75. The van der Waals surface area contributed by atoms with Crippen LogP contribution in [0, 0.1) is 0 Å². The molecule has 2 aliphatic heterocycles. The van der Waals surface area contributed by atoms with Gasteiger partial charge in [-0.05, 0) is 13.3 Å². The van der Waals surface area contributed by atoms with Crippen LogP contribution in [0.15, 0.2) is 0 Å². The predicted molar refractivity (Wildman–Crippen MR) is 36.5 cm³/mol. The van der Waals surface area contributed by atoms with Crippen LogP contribution in [0.5, 0.6) is 0 Å². The van der Waals surface area contributed by atoms with Gasteiger partial charge in [0, 0.05) is 0 Å². The third kappa shape index (κ3) is 0.864. The molecule has 0 aromatic heterocycles. The largest absolute Gasteiger partial charge is 0.365 e. The molecule has 2 atom stereocenters. The highest BCUT2D eigenvalue weighted by Crippen LogP contribution is 2.43. The molecule has 0 aliphatic carbocycles. The number of ether oxygens (including phenoxy) is 1. The van der Waals surface area contributed by atoms with E-state index in [0.717, 1.165) is 0 Å². The normalized spacial score (nSPS) is 49.9. The lowest BCUT2D eigenvalue weighted by atomic mass is 10.1. The SMILES string of the molecule is CC12CCS(=O)(=O)CC1O2. The molecule has 4 heteroatoms. The molecule has 2 rings (SSSR count). The molecule has 0 N–H and O–H groups in total. The summed E-state index contributed by atoms with van der Waals surface area (Å²) in [5, 5.41) is 0. The van der Waals surface area contributed by atoms with Crippen LogP contribution in [-0.4, -0.2) is 31.6 Å². The lowest BCUT2D eigenvalue weighted by Crippen LogP contribution is -2.29. The van der Waals surface area contributed by atoms with E-state index in [1.165, 1.54) is 0 Å². The van der Waals surface area contributed by atoms with E-state index >= 15 is 0 Å². The Balaban J connectivity index is 2.20. The highest BCUT2D eigenvalue weighted by atomic mass is 32.2. The average molecular weight is 162 g/mol. The summed E-state index contributed by atoms with van der Waals surface area (Å²) in [6.45, 7) is 1.98. The van der Waals surface area contributed by atoms with Gasteiger partial charge in [0.05, 0.1) is 17.1 Å². The molecular formula is C6H10O3S. The monoisotopic (exact) mass is 162 g/mol. The van der Waals surface area contributed by atoms with Crippen molar-refractivity contribution >= 4 is 9.84 Å². The Kier molecular flexibility index (Phi) is 1.03. The number of rotatable bonds is 0. The lowest BCUT2D eigenvalue weighted by Gasteiger charge is -2.11. The third-order valence-corrected chi connectivity index (χ3v) is 3.99. The Bertz CT molecular complexity index is 256. The molecule has 0 amide bonds. The zero-order chi connectivity index (χ0) is 7.41. The van der Waals surface area contributed by atoms with Gasteiger partial charge in [0.15, 0.2) is 9.84 Å². The molecule has 2 heterocycles. The van der Waals surface area contributed by atoms with Crippen molar-refractivity contribution in [3.8, 4) is 0 Å². The fraction of sp³-hybridized carbons (Fsp3) is 1.00. The van der Waals surface area contributed by atoms with Crippen molar-refractivity contribution in [2.45, 2.75) is 25.0 Å². The van der Waals surface area contributed by atoms with Crippen LogP contribution in [0.1, 0.15) is 13.3 Å². The van der Waals surface area contributed by atoms with Crippen molar-refractivity contribution in [2.24, 2.45) is 0 Å². The van der Waals surface area contributed by atoms with Gasteiger partial charge in [-0.25, -0.2) is 8.42 Å². The fourth-order valence-electron chi connectivity index (χ4n) is 1.39. The number of epoxide rings is 1. The van der Waals surface area contributed by atoms with Crippen LogP contribution >= 0.6 is 0 Å². The Labute approximate surface area is 60.3 Å². The zero-order valence-electron chi connectivity index (χ0n) is 5.83. The quantitative estimate of drug-likeness (QED) is 0.470. The van der Waals surface area contributed by atoms with Crippen LogP contribution < -0.4 is 0 Å². The van der Waals surface area contributed by atoms with Crippen molar-refractivity contribution in [3.63, 3.8) is 0 Å². The second-order valence-electron chi connectivity index (χ2n) is 3.28. The van der Waals surface area contributed by atoms with Gasteiger partial charge in [0.1, 0.15) is 6.10 Å². The van der Waals surface area contributed by atoms with E-state index in [-0.39, 0.29) is 17.5 Å². The van der Waals surface area contributed by atoms with Gasteiger partial charge in [0.25, 0.3) is 0 Å². The summed E-state index contributed by atoms with van der Waals surface area (Å²) in [5.74, 6) is 0.545. The molecule has 10 heavy (non-hydrogen) atoms. The maximum atomic E-state index is 10.9. The molecule has 0 radical (unpaired) electrons. The standard InChI is InChI=1S/C6H10O3S/c1-6-2-3-10(7,8)4-5(6)9-6/h5H,2-4H2,1H3.